The van der Waals surface area contributed by atoms with Crippen LogP contribution < -0.4 is 0 Å². The van der Waals surface area contributed by atoms with Crippen LogP contribution in [0.1, 0.15) is 41.5 Å². The molecule has 100 valence electrons. The number of aliphatic hydroxyl groups excluding tert-OH is 1. The van der Waals surface area contributed by atoms with Crippen molar-refractivity contribution in [3.63, 3.8) is 0 Å². The number of piperidine rings is 1. The minimum atomic E-state index is -0.239. The summed E-state index contributed by atoms with van der Waals surface area (Å²) < 4.78 is 2.16. The highest BCUT2D eigenvalue weighted by atomic mass is 16.3. The van der Waals surface area contributed by atoms with Crippen molar-refractivity contribution in [3.8, 4) is 0 Å². The van der Waals surface area contributed by atoms with Crippen molar-refractivity contribution in [3.05, 3.63) is 23.0 Å². The first-order valence-electron chi connectivity index (χ1n) is 6.68. The van der Waals surface area contributed by atoms with E-state index < -0.39 is 0 Å². The van der Waals surface area contributed by atoms with Gasteiger partial charge in [-0.25, -0.2) is 0 Å². The molecule has 0 atom stereocenters. The number of rotatable bonds is 2. The van der Waals surface area contributed by atoms with Gasteiger partial charge in [-0.1, -0.05) is 0 Å². The molecule has 1 aromatic heterocycles. The smallest absolute Gasteiger partial charge is 0.255 e. The monoisotopic (exact) mass is 250 g/mol. The number of nitrogens with zero attached hydrogens (tertiary/aromatic N) is 2. The van der Waals surface area contributed by atoms with E-state index in [1.807, 2.05) is 24.8 Å². The molecular formula is C14H22N2O2. The molecule has 0 bridgehead atoms. The molecule has 0 saturated carbocycles. The van der Waals surface area contributed by atoms with Crippen molar-refractivity contribution in [2.45, 2.75) is 46.3 Å². The molecule has 0 radical (unpaired) electrons. The average molecular weight is 250 g/mol. The molecule has 1 amide bonds. The average Bonchev–Trinajstić information content (AvgIpc) is 2.64. The number of aliphatic hydroxyl groups is 1. The van der Waals surface area contributed by atoms with Gasteiger partial charge in [0.15, 0.2) is 0 Å². The number of likely N-dealkylation sites (tertiary alicyclic amines) is 1. The van der Waals surface area contributed by atoms with Gasteiger partial charge >= 0.3 is 0 Å². The lowest BCUT2D eigenvalue weighted by Gasteiger charge is -2.29. The zero-order valence-electron chi connectivity index (χ0n) is 11.4. The summed E-state index contributed by atoms with van der Waals surface area (Å²) in [5.74, 6) is 0.106. The molecule has 0 spiro atoms. The summed E-state index contributed by atoms with van der Waals surface area (Å²) in [5.41, 5.74) is 2.99. The number of carbonyl (C=O) groups is 1. The third kappa shape index (κ3) is 2.29. The van der Waals surface area contributed by atoms with E-state index in [0.717, 1.165) is 23.5 Å². The van der Waals surface area contributed by atoms with Gasteiger partial charge in [0.2, 0.25) is 0 Å². The van der Waals surface area contributed by atoms with Gasteiger partial charge in [0.25, 0.3) is 5.91 Å². The van der Waals surface area contributed by atoms with Gasteiger partial charge in [-0.15, -0.1) is 0 Å². The maximum atomic E-state index is 12.4. The van der Waals surface area contributed by atoms with Crippen LogP contribution in [0.4, 0.5) is 0 Å². The molecule has 1 saturated heterocycles. The first-order chi connectivity index (χ1) is 8.54. The van der Waals surface area contributed by atoms with Gasteiger partial charge in [0, 0.05) is 31.0 Å². The van der Waals surface area contributed by atoms with Crippen LogP contribution in [0.2, 0.25) is 0 Å². The molecule has 1 aliphatic rings. The summed E-state index contributed by atoms with van der Waals surface area (Å²) in [6.07, 6.45) is 1.15. The highest BCUT2D eigenvalue weighted by Gasteiger charge is 2.24. The summed E-state index contributed by atoms with van der Waals surface area (Å²) in [7, 11) is 0. The second-order valence-corrected chi connectivity index (χ2v) is 5.05. The molecule has 0 unspecified atom stereocenters. The Kier molecular flexibility index (Phi) is 3.76. The van der Waals surface area contributed by atoms with E-state index in [9.17, 15) is 9.90 Å². The number of hydrogen-bond acceptors (Lipinski definition) is 2. The lowest BCUT2D eigenvalue weighted by atomic mass is 10.1. The lowest BCUT2D eigenvalue weighted by Crippen LogP contribution is -2.40. The number of aromatic nitrogens is 1. The minimum Gasteiger partial charge on any atom is -0.393 e. The minimum absolute atomic E-state index is 0.106. The Morgan fingerprint density at radius 1 is 1.39 bits per heavy atom. The van der Waals surface area contributed by atoms with E-state index in [1.54, 1.807) is 0 Å². The van der Waals surface area contributed by atoms with Crippen molar-refractivity contribution in [1.29, 1.82) is 0 Å². The van der Waals surface area contributed by atoms with Gasteiger partial charge in [-0.2, -0.15) is 0 Å². The Balaban J connectivity index is 2.19. The van der Waals surface area contributed by atoms with Gasteiger partial charge in [-0.3, -0.25) is 4.79 Å². The molecule has 4 nitrogen and oxygen atoms in total. The van der Waals surface area contributed by atoms with Crippen LogP contribution in [0.15, 0.2) is 6.07 Å². The summed E-state index contributed by atoms with van der Waals surface area (Å²) in [4.78, 5) is 14.3. The largest absolute Gasteiger partial charge is 0.393 e. The first kappa shape index (κ1) is 13.1. The van der Waals surface area contributed by atoms with Crippen LogP contribution in [0.3, 0.4) is 0 Å². The van der Waals surface area contributed by atoms with Crippen LogP contribution in [-0.4, -0.2) is 39.7 Å². The maximum Gasteiger partial charge on any atom is 0.255 e. The van der Waals surface area contributed by atoms with Crippen LogP contribution >= 0.6 is 0 Å². The van der Waals surface area contributed by atoms with Gasteiger partial charge in [0.1, 0.15) is 0 Å². The third-order valence-electron chi connectivity index (χ3n) is 3.87. The summed E-state index contributed by atoms with van der Waals surface area (Å²) in [6, 6.07) is 1.98. The predicted octanol–water partition coefficient (Wildman–Crippen LogP) is 1.72. The van der Waals surface area contributed by atoms with E-state index in [2.05, 4.69) is 11.5 Å². The van der Waals surface area contributed by atoms with Crippen LogP contribution in [0.5, 0.6) is 0 Å². The molecule has 1 N–H and O–H groups in total. The van der Waals surface area contributed by atoms with E-state index in [1.165, 1.54) is 0 Å². The van der Waals surface area contributed by atoms with Crippen molar-refractivity contribution in [2.75, 3.05) is 13.1 Å². The van der Waals surface area contributed by atoms with E-state index in [0.29, 0.717) is 25.9 Å². The van der Waals surface area contributed by atoms with Crippen molar-refractivity contribution < 1.29 is 9.90 Å². The zero-order chi connectivity index (χ0) is 13.3. The maximum absolute atomic E-state index is 12.4. The second-order valence-electron chi connectivity index (χ2n) is 5.05. The molecule has 1 aromatic rings. The van der Waals surface area contributed by atoms with E-state index in [-0.39, 0.29) is 12.0 Å². The third-order valence-corrected chi connectivity index (χ3v) is 3.87. The SMILES string of the molecule is CCn1c(C)cc(C(=O)N2CCC(O)CC2)c1C. The fourth-order valence-electron chi connectivity index (χ4n) is 2.74. The fourth-order valence-corrected chi connectivity index (χ4v) is 2.74. The lowest BCUT2D eigenvalue weighted by molar-refractivity contribution is 0.0546. The predicted molar refractivity (Wildman–Crippen MR) is 70.7 cm³/mol. The standard InChI is InChI=1S/C14H22N2O2/c1-4-16-10(2)9-13(11(16)3)14(18)15-7-5-12(17)6-8-15/h9,12,17H,4-8H2,1-3H3. The van der Waals surface area contributed by atoms with Crippen LogP contribution in [0.25, 0.3) is 0 Å². The summed E-state index contributed by atoms with van der Waals surface area (Å²) in [6.45, 7) is 8.34. The topological polar surface area (TPSA) is 45.5 Å². The number of carbonyl (C=O) groups excluding carboxylic acids is 1. The number of hydrogen-bond donors (Lipinski definition) is 1. The molecule has 18 heavy (non-hydrogen) atoms. The van der Waals surface area contributed by atoms with Gasteiger partial charge < -0.3 is 14.6 Å². The van der Waals surface area contributed by atoms with Crippen molar-refractivity contribution >= 4 is 5.91 Å². The Labute approximate surface area is 108 Å². The first-order valence-corrected chi connectivity index (χ1v) is 6.68. The fraction of sp³-hybridized carbons (Fsp3) is 0.643. The molecule has 2 rings (SSSR count). The summed E-state index contributed by atoms with van der Waals surface area (Å²) >= 11 is 0. The molecule has 1 fully saturated rings. The Morgan fingerprint density at radius 3 is 2.50 bits per heavy atom. The van der Waals surface area contributed by atoms with E-state index >= 15 is 0 Å². The Morgan fingerprint density at radius 2 is 2.00 bits per heavy atom. The highest BCUT2D eigenvalue weighted by molar-refractivity contribution is 5.95. The summed E-state index contributed by atoms with van der Waals surface area (Å²) in [5, 5.41) is 9.48. The van der Waals surface area contributed by atoms with Crippen LogP contribution in [-0.2, 0) is 6.54 Å². The quantitative estimate of drug-likeness (QED) is 0.868. The van der Waals surface area contributed by atoms with Crippen LogP contribution in [0, 0.1) is 13.8 Å². The Hall–Kier alpha value is -1.29. The number of amides is 1. The van der Waals surface area contributed by atoms with E-state index in [4.69, 9.17) is 0 Å². The molecule has 2 heterocycles. The molecule has 1 aliphatic heterocycles. The Bertz CT molecular complexity index is 443. The van der Waals surface area contributed by atoms with Gasteiger partial charge in [0.05, 0.1) is 11.7 Å². The normalized spacial score (nSPS) is 17.2. The second kappa shape index (κ2) is 5.14. The zero-order valence-corrected chi connectivity index (χ0v) is 11.4. The van der Waals surface area contributed by atoms with Crippen molar-refractivity contribution in [1.82, 2.24) is 9.47 Å². The van der Waals surface area contributed by atoms with Gasteiger partial charge in [-0.05, 0) is 39.7 Å². The van der Waals surface area contributed by atoms with Crippen molar-refractivity contribution in [2.24, 2.45) is 0 Å². The molecule has 0 aromatic carbocycles. The molecular weight excluding hydrogens is 228 g/mol. The molecule has 0 aliphatic carbocycles. The highest BCUT2D eigenvalue weighted by Crippen LogP contribution is 2.19. The number of aryl methyl sites for hydroxylation is 1. The molecule has 4 heteroatoms.